The minimum Gasteiger partial charge on any atom is -1.00 e. The molecule has 21 heavy (non-hydrogen) atoms. The van der Waals surface area contributed by atoms with Crippen LogP contribution < -0.4 is 12.4 Å². The lowest BCUT2D eigenvalue weighted by molar-refractivity contribution is -0.771. The summed E-state index contributed by atoms with van der Waals surface area (Å²) < 4.78 is 0.595. The van der Waals surface area contributed by atoms with Crippen LogP contribution in [0.4, 0.5) is 0 Å². The zero-order valence-electron chi connectivity index (χ0n) is 14.8. The Morgan fingerprint density at radius 3 is 1.14 bits per heavy atom. The highest BCUT2D eigenvalue weighted by Crippen LogP contribution is 2.13. The first kappa shape index (κ1) is 23.8. The van der Waals surface area contributed by atoms with Gasteiger partial charge in [0, 0.05) is 0 Å². The van der Waals surface area contributed by atoms with E-state index < -0.39 is 0 Å². The number of rotatable bonds is 15. The summed E-state index contributed by atoms with van der Waals surface area (Å²) in [6, 6.07) is 0. The fraction of sp³-hybridized carbons (Fsp3) is 1.00. The van der Waals surface area contributed by atoms with Gasteiger partial charge in [0.25, 0.3) is 0 Å². The Labute approximate surface area is 145 Å². The number of hydrogen-bond acceptors (Lipinski definition) is 0. The van der Waals surface area contributed by atoms with Gasteiger partial charge in [-0.25, -0.2) is 4.00 Å². The zero-order chi connectivity index (χ0) is 15.1. The highest BCUT2D eigenvalue weighted by molar-refractivity contribution is 6.06. The van der Waals surface area contributed by atoms with Gasteiger partial charge in [-0.05, 0) is 12.8 Å². The van der Waals surface area contributed by atoms with Gasteiger partial charge in [0.1, 0.15) is 0 Å². The summed E-state index contributed by atoms with van der Waals surface area (Å²) in [6.07, 6.45) is 19.9. The maximum Gasteiger partial charge on any atom is 0.164 e. The first-order valence-electron chi connectivity index (χ1n) is 9.09. The summed E-state index contributed by atoms with van der Waals surface area (Å²) in [5.41, 5.74) is 0. The van der Waals surface area contributed by atoms with E-state index in [2.05, 4.69) is 21.0 Å². The van der Waals surface area contributed by atoms with Crippen LogP contribution in [0.5, 0.6) is 0 Å². The molecule has 0 aliphatic carbocycles. The lowest BCUT2D eigenvalue weighted by Crippen LogP contribution is -3.00. The maximum absolute atomic E-state index is 6.12. The largest absolute Gasteiger partial charge is 1.00 e. The average Bonchev–Trinajstić information content (AvgIpc) is 2.38. The second kappa shape index (κ2) is 16.9. The second-order valence-corrected chi connectivity index (χ2v) is 7.77. The van der Waals surface area contributed by atoms with Crippen LogP contribution in [-0.4, -0.2) is 24.6 Å². The van der Waals surface area contributed by atoms with Crippen LogP contribution in [0.15, 0.2) is 0 Å². The third-order valence-electron chi connectivity index (χ3n) is 4.04. The van der Waals surface area contributed by atoms with Gasteiger partial charge >= 0.3 is 0 Å². The van der Waals surface area contributed by atoms with Gasteiger partial charge < -0.3 is 12.4 Å². The lowest BCUT2D eigenvalue weighted by Gasteiger charge is -2.17. The molecule has 0 amide bonds. The Morgan fingerprint density at radius 2 is 0.857 bits per heavy atom. The van der Waals surface area contributed by atoms with Gasteiger partial charge in [-0.15, -0.1) is 0 Å². The zero-order valence-corrected chi connectivity index (χ0v) is 16.3. The molecule has 0 saturated heterocycles. The molecular weight excluding hydrogens is 301 g/mol. The molecule has 0 saturated carbocycles. The van der Waals surface area contributed by atoms with Crippen molar-refractivity contribution < 1.29 is 16.4 Å². The van der Waals surface area contributed by atoms with Crippen molar-refractivity contribution in [2.24, 2.45) is 0 Å². The predicted octanol–water partition coefficient (Wildman–Crippen LogP) is 3.70. The van der Waals surface area contributed by atoms with Crippen molar-refractivity contribution in [3.8, 4) is 0 Å². The second-order valence-electron chi connectivity index (χ2n) is 6.86. The van der Waals surface area contributed by atoms with Crippen LogP contribution in [-0.2, 0) is 0 Å². The molecule has 130 valence electrons. The van der Waals surface area contributed by atoms with Crippen LogP contribution in [0.25, 0.3) is 0 Å². The van der Waals surface area contributed by atoms with E-state index in [4.69, 9.17) is 11.8 Å². The Morgan fingerprint density at radius 1 is 0.571 bits per heavy atom. The molecule has 0 radical (unpaired) electrons. The SMILES string of the molecule is CCCCCCCCCCCCCCCC[N+](C)(C)Cl.[Cl-]. The summed E-state index contributed by atoms with van der Waals surface area (Å²) in [5.74, 6) is 0. The minimum atomic E-state index is 0. The number of unbranched alkanes of at least 4 members (excludes halogenated alkanes) is 13. The van der Waals surface area contributed by atoms with Crippen molar-refractivity contribution in [1.29, 1.82) is 0 Å². The number of quaternary nitrogens is 1. The van der Waals surface area contributed by atoms with Gasteiger partial charge in [-0.3, -0.25) is 0 Å². The Kier molecular flexibility index (Phi) is 19.2. The van der Waals surface area contributed by atoms with E-state index in [-0.39, 0.29) is 12.4 Å². The molecule has 0 aromatic carbocycles. The number of nitrogens with zero attached hydrogens (tertiary/aromatic N) is 1. The summed E-state index contributed by atoms with van der Waals surface area (Å²) in [7, 11) is 4.12. The van der Waals surface area contributed by atoms with E-state index in [0.717, 1.165) is 6.54 Å². The maximum atomic E-state index is 6.12. The van der Waals surface area contributed by atoms with Gasteiger partial charge in [0.2, 0.25) is 0 Å². The van der Waals surface area contributed by atoms with E-state index in [1.807, 2.05) is 0 Å². The molecular formula is C18H39Cl2N. The fourth-order valence-electron chi connectivity index (χ4n) is 2.68. The normalized spacial score (nSPS) is 11.4. The Bertz CT molecular complexity index is 190. The standard InChI is InChI=1S/C18H39ClN.ClH/c1-4-5-6-7-8-9-10-11-12-13-14-15-16-17-18-20(2,3)19;/h4-18H2,1-3H3;1H/q+1;/p-1. The molecule has 0 atom stereocenters. The van der Waals surface area contributed by atoms with Crippen LogP contribution in [0.3, 0.4) is 0 Å². The Hall–Kier alpha value is 0.540. The molecule has 0 spiro atoms. The molecule has 0 aromatic heterocycles. The molecule has 1 nitrogen and oxygen atoms in total. The third-order valence-corrected chi connectivity index (χ3v) is 4.21. The van der Waals surface area contributed by atoms with E-state index in [9.17, 15) is 0 Å². The fourth-order valence-corrected chi connectivity index (χ4v) is 2.80. The molecule has 0 fully saturated rings. The van der Waals surface area contributed by atoms with Crippen molar-refractivity contribution >= 4 is 11.8 Å². The van der Waals surface area contributed by atoms with Gasteiger partial charge in [-0.1, -0.05) is 84.0 Å². The summed E-state index contributed by atoms with van der Waals surface area (Å²) >= 11 is 6.12. The average molecular weight is 340 g/mol. The van der Waals surface area contributed by atoms with Gasteiger partial charge in [0.15, 0.2) is 11.8 Å². The van der Waals surface area contributed by atoms with Gasteiger partial charge in [-0.2, -0.15) is 0 Å². The van der Waals surface area contributed by atoms with E-state index in [1.54, 1.807) is 0 Å². The molecule has 0 N–H and O–H groups in total. The van der Waals surface area contributed by atoms with Crippen LogP contribution in [0.2, 0.25) is 0 Å². The third kappa shape index (κ3) is 22.9. The quantitative estimate of drug-likeness (QED) is 0.315. The van der Waals surface area contributed by atoms with Crippen LogP contribution in [0, 0.1) is 0 Å². The molecule has 0 rings (SSSR count). The van der Waals surface area contributed by atoms with Crippen molar-refractivity contribution in [2.45, 2.75) is 96.8 Å². The summed E-state index contributed by atoms with van der Waals surface area (Å²) in [4.78, 5) is 0. The monoisotopic (exact) mass is 339 g/mol. The van der Waals surface area contributed by atoms with Crippen molar-refractivity contribution in [3.05, 3.63) is 0 Å². The number of halogens is 2. The van der Waals surface area contributed by atoms with Crippen molar-refractivity contribution in [1.82, 2.24) is 0 Å². The van der Waals surface area contributed by atoms with Crippen LogP contribution >= 0.6 is 11.8 Å². The molecule has 0 aliphatic heterocycles. The molecule has 0 unspecified atom stereocenters. The van der Waals surface area contributed by atoms with Crippen LogP contribution in [0.1, 0.15) is 96.8 Å². The van der Waals surface area contributed by atoms with E-state index in [0.29, 0.717) is 4.00 Å². The Balaban J connectivity index is 0. The van der Waals surface area contributed by atoms with Crippen molar-refractivity contribution in [2.75, 3.05) is 20.6 Å². The predicted molar refractivity (Wildman–Crippen MR) is 93.1 cm³/mol. The van der Waals surface area contributed by atoms with E-state index >= 15 is 0 Å². The topological polar surface area (TPSA) is 0 Å². The summed E-state index contributed by atoms with van der Waals surface area (Å²) in [6.45, 7) is 3.38. The smallest absolute Gasteiger partial charge is 0.164 e. The summed E-state index contributed by atoms with van der Waals surface area (Å²) in [5, 5.41) is 0. The lowest BCUT2D eigenvalue weighted by atomic mass is 10.0. The minimum absolute atomic E-state index is 0. The molecule has 0 aliphatic rings. The van der Waals surface area contributed by atoms with E-state index in [1.165, 1.54) is 89.9 Å². The first-order chi connectivity index (χ1) is 9.56. The first-order valence-corrected chi connectivity index (χ1v) is 9.42. The molecule has 0 aromatic rings. The number of hydrogen-bond donors (Lipinski definition) is 0. The molecule has 0 bridgehead atoms. The highest BCUT2D eigenvalue weighted by Gasteiger charge is 2.09. The van der Waals surface area contributed by atoms with Gasteiger partial charge in [0.05, 0.1) is 20.6 Å². The van der Waals surface area contributed by atoms with Crippen molar-refractivity contribution in [3.63, 3.8) is 0 Å². The highest BCUT2D eigenvalue weighted by atomic mass is 35.5. The molecule has 0 heterocycles. The molecule has 3 heteroatoms.